The van der Waals surface area contributed by atoms with Gasteiger partial charge in [0, 0.05) is 18.3 Å². The molecule has 1 aromatic carbocycles. The van der Waals surface area contributed by atoms with Crippen LogP contribution in [0.3, 0.4) is 0 Å². The molecule has 0 amide bonds. The molecule has 1 aliphatic rings. The van der Waals surface area contributed by atoms with Gasteiger partial charge in [-0.15, -0.1) is 0 Å². The van der Waals surface area contributed by atoms with E-state index in [4.69, 9.17) is 0 Å². The number of carbonyl (C=O) groups is 1. The molecule has 0 unspecified atom stereocenters. The van der Waals surface area contributed by atoms with Gasteiger partial charge < -0.3 is 5.10 Å². The van der Waals surface area contributed by atoms with Gasteiger partial charge in [0.15, 0.2) is 15.6 Å². The topological polar surface area (TPSA) is 89.0 Å². The van der Waals surface area contributed by atoms with Crippen molar-refractivity contribution in [3.63, 3.8) is 0 Å². The van der Waals surface area contributed by atoms with E-state index < -0.39 is 9.84 Å². The summed E-state index contributed by atoms with van der Waals surface area (Å²) < 4.78 is 25.4. The Morgan fingerprint density at radius 1 is 1.26 bits per heavy atom. The second kappa shape index (κ2) is 5.49. The number of rotatable bonds is 4. The molecule has 7 heteroatoms. The lowest BCUT2D eigenvalue weighted by atomic mass is 9.93. The zero-order valence-corrected chi connectivity index (χ0v) is 13.9. The second-order valence-corrected chi connectivity index (χ2v) is 7.63. The number of sulfone groups is 1. The summed E-state index contributed by atoms with van der Waals surface area (Å²) in [5, 5.41) is 2.76. The Bertz CT molecular complexity index is 951. The molecule has 6 nitrogen and oxygen atoms in total. The summed E-state index contributed by atoms with van der Waals surface area (Å²) in [5.74, 6) is -0.276. The van der Waals surface area contributed by atoms with Crippen LogP contribution in [0.25, 0.3) is 0 Å². The fourth-order valence-corrected chi connectivity index (χ4v) is 4.72. The molecule has 0 aliphatic carbocycles. The molecule has 0 fully saturated rings. The predicted molar refractivity (Wildman–Crippen MR) is 85.7 cm³/mol. The Labute approximate surface area is 134 Å². The minimum atomic E-state index is -3.24. The number of hydrogen-bond donors (Lipinski definition) is 1. The molecular formula is C16H18N2O4S. The maximum Gasteiger partial charge on any atom is 0.277 e. The van der Waals surface area contributed by atoms with Crippen LogP contribution >= 0.6 is 0 Å². The third kappa shape index (κ3) is 2.35. The Morgan fingerprint density at radius 3 is 2.61 bits per heavy atom. The standard InChI is InChI=1S/C16H18N2O4S/c1-3-10-11-7-8-23(21,22)14(11)6-5-12(10)15(19)13-9-17-18(4-2)16(13)20/h5-6,9,17H,3-4,7-8H2,1-2H3. The molecule has 0 saturated heterocycles. The SMILES string of the molecule is CCc1c(C(=O)c2c[nH]n(CC)c2=O)ccc2c1CCS2(=O)=O. The van der Waals surface area contributed by atoms with Crippen molar-refractivity contribution in [3.05, 3.63) is 50.9 Å². The van der Waals surface area contributed by atoms with E-state index in [1.54, 1.807) is 0 Å². The highest BCUT2D eigenvalue weighted by atomic mass is 32.2. The number of ketones is 1. The van der Waals surface area contributed by atoms with Gasteiger partial charge >= 0.3 is 0 Å². The first-order valence-electron chi connectivity index (χ1n) is 7.61. The average molecular weight is 334 g/mol. The number of fused-ring (bicyclic) bond motifs is 1. The highest BCUT2D eigenvalue weighted by molar-refractivity contribution is 7.91. The van der Waals surface area contributed by atoms with Crippen molar-refractivity contribution in [2.75, 3.05) is 5.75 Å². The number of H-pyrrole nitrogens is 1. The van der Waals surface area contributed by atoms with Crippen molar-refractivity contribution in [3.8, 4) is 0 Å². The normalized spacial score (nSPS) is 15.6. The van der Waals surface area contributed by atoms with Crippen LogP contribution < -0.4 is 5.56 Å². The fourth-order valence-electron chi connectivity index (χ4n) is 3.15. The summed E-state index contributed by atoms with van der Waals surface area (Å²) >= 11 is 0. The van der Waals surface area contributed by atoms with E-state index in [0.29, 0.717) is 29.8 Å². The van der Waals surface area contributed by atoms with E-state index in [9.17, 15) is 18.0 Å². The number of nitrogens with zero attached hydrogens (tertiary/aromatic N) is 1. The third-order valence-electron chi connectivity index (χ3n) is 4.34. The first-order chi connectivity index (χ1) is 10.9. The molecule has 0 saturated carbocycles. The summed E-state index contributed by atoms with van der Waals surface area (Å²) in [6.07, 6.45) is 2.39. The van der Waals surface area contributed by atoms with Gasteiger partial charge in [0.05, 0.1) is 10.6 Å². The Hall–Kier alpha value is -2.15. The van der Waals surface area contributed by atoms with Crippen LogP contribution in [0.4, 0.5) is 0 Å². The van der Waals surface area contributed by atoms with Gasteiger partial charge in [-0.1, -0.05) is 6.92 Å². The monoisotopic (exact) mass is 334 g/mol. The molecule has 2 aromatic rings. The summed E-state index contributed by atoms with van der Waals surface area (Å²) in [7, 11) is -3.24. The molecular weight excluding hydrogens is 316 g/mol. The Morgan fingerprint density at radius 2 is 2.00 bits per heavy atom. The smallest absolute Gasteiger partial charge is 0.277 e. The molecule has 0 spiro atoms. The van der Waals surface area contributed by atoms with Crippen molar-refractivity contribution >= 4 is 15.6 Å². The molecule has 0 atom stereocenters. The van der Waals surface area contributed by atoms with Crippen molar-refractivity contribution in [2.24, 2.45) is 0 Å². The van der Waals surface area contributed by atoms with Gasteiger partial charge in [-0.2, -0.15) is 0 Å². The maximum atomic E-state index is 12.8. The molecule has 1 N–H and O–H groups in total. The molecule has 122 valence electrons. The van der Waals surface area contributed by atoms with Gasteiger partial charge in [0.2, 0.25) is 0 Å². The van der Waals surface area contributed by atoms with Crippen LogP contribution in [0, 0.1) is 0 Å². The molecule has 1 aromatic heterocycles. The average Bonchev–Trinajstić information content (AvgIpc) is 3.05. The minimum Gasteiger partial charge on any atom is -0.302 e. The maximum absolute atomic E-state index is 12.8. The summed E-state index contributed by atoms with van der Waals surface area (Å²) in [6, 6.07) is 3.03. The Balaban J connectivity index is 2.16. The number of benzene rings is 1. The van der Waals surface area contributed by atoms with Gasteiger partial charge in [0.1, 0.15) is 5.56 Å². The highest BCUT2D eigenvalue weighted by Gasteiger charge is 2.30. The van der Waals surface area contributed by atoms with Gasteiger partial charge in [-0.3, -0.25) is 14.3 Å². The van der Waals surface area contributed by atoms with Gasteiger partial charge in [-0.05, 0) is 43.0 Å². The van der Waals surface area contributed by atoms with Crippen LogP contribution in [0.2, 0.25) is 0 Å². The van der Waals surface area contributed by atoms with E-state index in [2.05, 4.69) is 5.10 Å². The first-order valence-corrected chi connectivity index (χ1v) is 9.26. The second-order valence-electron chi connectivity index (χ2n) is 5.56. The minimum absolute atomic E-state index is 0.0831. The molecule has 23 heavy (non-hydrogen) atoms. The number of aromatic nitrogens is 2. The Kier molecular flexibility index (Phi) is 3.75. The number of hydrogen-bond acceptors (Lipinski definition) is 4. The van der Waals surface area contributed by atoms with Crippen molar-refractivity contribution < 1.29 is 13.2 Å². The van der Waals surface area contributed by atoms with E-state index in [1.807, 2.05) is 13.8 Å². The van der Waals surface area contributed by atoms with Crippen molar-refractivity contribution in [1.82, 2.24) is 9.78 Å². The van der Waals surface area contributed by atoms with Crippen molar-refractivity contribution in [1.29, 1.82) is 0 Å². The fraction of sp³-hybridized carbons (Fsp3) is 0.375. The quantitative estimate of drug-likeness (QED) is 0.854. The van der Waals surface area contributed by atoms with E-state index in [0.717, 1.165) is 11.1 Å². The number of aryl methyl sites for hydroxylation is 1. The summed E-state index contributed by atoms with van der Waals surface area (Å²) in [4.78, 5) is 25.2. The van der Waals surface area contributed by atoms with E-state index in [-0.39, 0.29) is 22.7 Å². The molecule has 1 aliphatic heterocycles. The van der Waals surface area contributed by atoms with Crippen LogP contribution in [0.5, 0.6) is 0 Å². The molecule has 0 bridgehead atoms. The summed E-state index contributed by atoms with van der Waals surface area (Å²) in [6.45, 7) is 4.15. The lowest BCUT2D eigenvalue weighted by Crippen LogP contribution is -2.22. The predicted octanol–water partition coefficient (Wildman–Crippen LogP) is 1.32. The van der Waals surface area contributed by atoms with Crippen LogP contribution in [0.15, 0.2) is 28.0 Å². The zero-order chi connectivity index (χ0) is 16.8. The van der Waals surface area contributed by atoms with E-state index >= 15 is 0 Å². The first kappa shape index (κ1) is 15.7. The number of carbonyl (C=O) groups excluding carboxylic acids is 1. The third-order valence-corrected chi connectivity index (χ3v) is 6.14. The molecule has 0 radical (unpaired) electrons. The largest absolute Gasteiger partial charge is 0.302 e. The highest BCUT2D eigenvalue weighted by Crippen LogP contribution is 2.31. The van der Waals surface area contributed by atoms with Crippen LogP contribution in [-0.4, -0.2) is 29.7 Å². The molecule has 3 rings (SSSR count). The van der Waals surface area contributed by atoms with Crippen LogP contribution in [0.1, 0.15) is 40.9 Å². The molecule has 2 heterocycles. The van der Waals surface area contributed by atoms with Crippen molar-refractivity contribution in [2.45, 2.75) is 38.1 Å². The van der Waals surface area contributed by atoms with Gasteiger partial charge in [0.25, 0.3) is 5.56 Å². The van der Waals surface area contributed by atoms with E-state index in [1.165, 1.54) is 23.0 Å². The lowest BCUT2D eigenvalue weighted by Gasteiger charge is -2.11. The lowest BCUT2D eigenvalue weighted by molar-refractivity contribution is 0.103. The number of nitrogens with one attached hydrogen (secondary N) is 1. The zero-order valence-electron chi connectivity index (χ0n) is 13.0. The van der Waals surface area contributed by atoms with Crippen LogP contribution in [-0.2, 0) is 29.2 Å². The number of aromatic amines is 1. The van der Waals surface area contributed by atoms with Gasteiger partial charge in [-0.25, -0.2) is 8.42 Å². The summed E-state index contributed by atoms with van der Waals surface area (Å²) in [5.41, 5.74) is 1.61.